The average Bonchev–Trinajstić information content (AvgIpc) is 3.05. The second-order valence-electron chi connectivity index (χ2n) is 10.2. The summed E-state index contributed by atoms with van der Waals surface area (Å²) in [4.78, 5) is 28.1. The van der Waals surface area contributed by atoms with Crippen molar-refractivity contribution in [3.8, 4) is 5.75 Å². The molecule has 0 radical (unpaired) electrons. The molecule has 1 heterocycles. The second-order valence-corrected chi connectivity index (χ2v) is 11.0. The Morgan fingerprint density at radius 2 is 1.69 bits per heavy atom. The number of aliphatic hydroxyl groups is 1. The van der Waals surface area contributed by atoms with Crippen LogP contribution >= 0.6 is 15.9 Å². The van der Waals surface area contributed by atoms with Crippen molar-refractivity contribution in [2.24, 2.45) is 0 Å². The number of ketones is 1. The highest BCUT2D eigenvalue weighted by molar-refractivity contribution is 9.10. The Kier molecular flexibility index (Phi) is 7.10. The van der Waals surface area contributed by atoms with Gasteiger partial charge in [-0.3, -0.25) is 9.59 Å². The molecule has 6 heteroatoms. The van der Waals surface area contributed by atoms with Gasteiger partial charge in [0.1, 0.15) is 17.1 Å². The zero-order valence-corrected chi connectivity index (χ0v) is 22.7. The molecule has 1 N–H and O–H groups in total. The van der Waals surface area contributed by atoms with Crippen molar-refractivity contribution in [1.82, 2.24) is 4.90 Å². The Balaban J connectivity index is 1.78. The van der Waals surface area contributed by atoms with E-state index in [-0.39, 0.29) is 23.5 Å². The topological polar surface area (TPSA) is 66.8 Å². The summed E-state index contributed by atoms with van der Waals surface area (Å²) >= 11 is 3.47. The van der Waals surface area contributed by atoms with Crippen molar-refractivity contribution >= 4 is 33.4 Å². The highest BCUT2D eigenvalue weighted by Gasteiger charge is 2.46. The summed E-state index contributed by atoms with van der Waals surface area (Å²) in [6.45, 7) is 10.0. The SMILES string of the molecule is Cc1cccc(C2/C(=C(/O)c3ccc(Br)c(C)c3)C(=O)C(=O)N2Cc2ccc(OC(C)(C)C)cc2)c1. The Morgan fingerprint density at radius 3 is 2.31 bits per heavy atom. The second kappa shape index (κ2) is 9.94. The van der Waals surface area contributed by atoms with Crippen LogP contribution in [0.1, 0.15) is 54.6 Å². The number of aliphatic hydroxyl groups excluding tert-OH is 1. The molecule has 0 bridgehead atoms. The molecule has 5 nitrogen and oxygen atoms in total. The molecule has 1 saturated heterocycles. The molecule has 1 amide bonds. The Labute approximate surface area is 220 Å². The minimum atomic E-state index is -0.709. The third kappa shape index (κ3) is 5.39. The lowest BCUT2D eigenvalue weighted by molar-refractivity contribution is -0.140. The minimum absolute atomic E-state index is 0.0972. The molecule has 0 saturated carbocycles. The van der Waals surface area contributed by atoms with Crippen molar-refractivity contribution in [2.75, 3.05) is 0 Å². The molecule has 1 atom stereocenters. The zero-order valence-electron chi connectivity index (χ0n) is 21.1. The molecule has 1 aliphatic heterocycles. The van der Waals surface area contributed by atoms with Gasteiger partial charge in [0, 0.05) is 16.6 Å². The van der Waals surface area contributed by atoms with Gasteiger partial charge in [0.05, 0.1) is 11.6 Å². The van der Waals surface area contributed by atoms with Crippen LogP contribution in [0, 0.1) is 13.8 Å². The first-order chi connectivity index (χ1) is 16.9. The number of carbonyl (C=O) groups excluding carboxylic acids is 2. The smallest absolute Gasteiger partial charge is 0.295 e. The Morgan fingerprint density at radius 1 is 1.00 bits per heavy atom. The monoisotopic (exact) mass is 547 g/mol. The van der Waals surface area contributed by atoms with E-state index in [1.165, 1.54) is 4.90 Å². The van der Waals surface area contributed by atoms with Crippen molar-refractivity contribution in [3.05, 3.63) is 105 Å². The number of Topliss-reactive ketones (excluding diaryl/α,β-unsaturated/α-hetero) is 1. The minimum Gasteiger partial charge on any atom is -0.507 e. The van der Waals surface area contributed by atoms with Gasteiger partial charge in [-0.1, -0.05) is 64.0 Å². The van der Waals surface area contributed by atoms with Crippen LogP contribution in [0.15, 0.2) is 76.8 Å². The molecule has 0 spiro atoms. The Hall–Kier alpha value is -3.38. The molecule has 1 aliphatic rings. The molecule has 1 unspecified atom stereocenters. The molecule has 4 rings (SSSR count). The van der Waals surface area contributed by atoms with Gasteiger partial charge in [0.2, 0.25) is 0 Å². The molecule has 1 fully saturated rings. The number of nitrogens with zero attached hydrogens (tertiary/aromatic N) is 1. The van der Waals surface area contributed by atoms with Crippen LogP contribution in [0.2, 0.25) is 0 Å². The van der Waals surface area contributed by atoms with Crippen LogP contribution in [0.4, 0.5) is 0 Å². The van der Waals surface area contributed by atoms with Crippen molar-refractivity contribution < 1.29 is 19.4 Å². The summed E-state index contributed by atoms with van der Waals surface area (Å²) in [7, 11) is 0. The quantitative estimate of drug-likeness (QED) is 0.215. The lowest BCUT2D eigenvalue weighted by atomic mass is 9.94. The van der Waals surface area contributed by atoms with E-state index in [0.717, 1.165) is 32.5 Å². The van der Waals surface area contributed by atoms with Gasteiger partial charge in [0.25, 0.3) is 11.7 Å². The molecule has 36 heavy (non-hydrogen) atoms. The number of amides is 1. The summed E-state index contributed by atoms with van der Waals surface area (Å²) < 4.78 is 6.80. The van der Waals surface area contributed by atoms with Crippen molar-refractivity contribution in [1.29, 1.82) is 0 Å². The van der Waals surface area contributed by atoms with E-state index >= 15 is 0 Å². The first kappa shape index (κ1) is 25.7. The maximum absolute atomic E-state index is 13.3. The van der Waals surface area contributed by atoms with E-state index in [2.05, 4.69) is 15.9 Å². The summed E-state index contributed by atoms with van der Waals surface area (Å²) in [6, 6.07) is 19.9. The highest BCUT2D eigenvalue weighted by Crippen LogP contribution is 2.41. The van der Waals surface area contributed by atoms with E-state index in [4.69, 9.17) is 4.74 Å². The van der Waals surface area contributed by atoms with Gasteiger partial charge in [-0.25, -0.2) is 0 Å². The van der Waals surface area contributed by atoms with Gasteiger partial charge < -0.3 is 14.7 Å². The number of rotatable bonds is 5. The standard InChI is InChI=1S/C30H30BrNO4/c1-18-7-6-8-21(15-18)26-25(27(33)22-11-14-24(31)19(2)16-22)28(34)29(35)32(26)17-20-9-12-23(13-10-20)36-30(3,4)5/h6-16,26,33H,17H2,1-5H3/b27-25-. The van der Waals surface area contributed by atoms with Crippen LogP contribution in [0.25, 0.3) is 5.76 Å². The van der Waals surface area contributed by atoms with Gasteiger partial charge >= 0.3 is 0 Å². The van der Waals surface area contributed by atoms with Gasteiger partial charge in [-0.05, 0) is 75.6 Å². The number of halogens is 1. The third-order valence-corrected chi connectivity index (χ3v) is 6.92. The molecule has 186 valence electrons. The fourth-order valence-corrected chi connectivity index (χ4v) is 4.64. The van der Waals surface area contributed by atoms with Crippen LogP contribution in [-0.4, -0.2) is 27.3 Å². The zero-order chi connectivity index (χ0) is 26.2. The van der Waals surface area contributed by atoms with Gasteiger partial charge in [-0.2, -0.15) is 0 Å². The highest BCUT2D eigenvalue weighted by atomic mass is 79.9. The average molecular weight is 548 g/mol. The largest absolute Gasteiger partial charge is 0.507 e. The maximum atomic E-state index is 13.3. The van der Waals surface area contributed by atoms with Crippen molar-refractivity contribution in [3.63, 3.8) is 0 Å². The fourth-order valence-electron chi connectivity index (χ4n) is 4.39. The normalized spacial score (nSPS) is 17.5. The van der Waals surface area contributed by atoms with Crippen LogP contribution < -0.4 is 4.74 Å². The van der Waals surface area contributed by atoms with Crippen LogP contribution in [0.5, 0.6) is 5.75 Å². The lowest BCUT2D eigenvalue weighted by Crippen LogP contribution is -2.29. The predicted molar refractivity (Wildman–Crippen MR) is 145 cm³/mol. The summed E-state index contributed by atoms with van der Waals surface area (Å²) in [5.41, 5.74) is 3.82. The van der Waals surface area contributed by atoms with E-state index in [1.807, 2.05) is 89.2 Å². The summed E-state index contributed by atoms with van der Waals surface area (Å²) in [6.07, 6.45) is 0. The number of hydrogen-bond acceptors (Lipinski definition) is 4. The van der Waals surface area contributed by atoms with E-state index in [9.17, 15) is 14.7 Å². The predicted octanol–water partition coefficient (Wildman–Crippen LogP) is 6.87. The number of carbonyl (C=O) groups is 2. The molecular formula is C30H30BrNO4. The number of aryl methyl sites for hydroxylation is 2. The Bertz CT molecular complexity index is 1350. The van der Waals surface area contributed by atoms with Gasteiger partial charge in [-0.15, -0.1) is 0 Å². The number of likely N-dealkylation sites (tertiary alicyclic amines) is 1. The molecule has 3 aromatic rings. The number of hydrogen-bond donors (Lipinski definition) is 1. The number of benzene rings is 3. The lowest BCUT2D eigenvalue weighted by Gasteiger charge is -2.26. The molecule has 0 aliphatic carbocycles. The summed E-state index contributed by atoms with van der Waals surface area (Å²) in [5, 5.41) is 11.3. The molecular weight excluding hydrogens is 518 g/mol. The van der Waals surface area contributed by atoms with E-state index in [0.29, 0.717) is 5.56 Å². The van der Waals surface area contributed by atoms with Crippen LogP contribution in [0.3, 0.4) is 0 Å². The summed E-state index contributed by atoms with van der Waals surface area (Å²) in [5.74, 6) is -0.764. The van der Waals surface area contributed by atoms with Crippen molar-refractivity contribution in [2.45, 2.75) is 52.8 Å². The van der Waals surface area contributed by atoms with E-state index in [1.54, 1.807) is 12.1 Å². The molecule has 3 aromatic carbocycles. The first-order valence-electron chi connectivity index (χ1n) is 11.8. The molecule has 0 aromatic heterocycles. The van der Waals surface area contributed by atoms with Gasteiger partial charge in [0.15, 0.2) is 0 Å². The maximum Gasteiger partial charge on any atom is 0.295 e. The van der Waals surface area contributed by atoms with Crippen LogP contribution in [-0.2, 0) is 16.1 Å². The van der Waals surface area contributed by atoms with E-state index < -0.39 is 17.7 Å². The third-order valence-electron chi connectivity index (χ3n) is 6.03. The fraction of sp³-hybridized carbons (Fsp3) is 0.267. The number of ether oxygens (including phenoxy) is 1. The first-order valence-corrected chi connectivity index (χ1v) is 12.6.